The van der Waals surface area contributed by atoms with E-state index in [9.17, 15) is 13.2 Å². The van der Waals surface area contributed by atoms with E-state index >= 15 is 0 Å². The zero-order valence-electron chi connectivity index (χ0n) is 24.5. The zero-order chi connectivity index (χ0) is 32.1. The highest BCUT2D eigenvalue weighted by atomic mass is 79.9. The number of halogens is 4. The van der Waals surface area contributed by atoms with Crippen molar-refractivity contribution in [3.63, 3.8) is 0 Å². The number of benzene rings is 7. The minimum atomic E-state index is -4.34. The van der Waals surface area contributed by atoms with E-state index in [-0.39, 0.29) is 0 Å². The number of fused-ring (bicyclic) bond motifs is 12. The van der Waals surface area contributed by atoms with Gasteiger partial charge in [0.05, 0.1) is 27.6 Å². The van der Waals surface area contributed by atoms with Gasteiger partial charge < -0.3 is 0 Å². The second-order valence-corrected chi connectivity index (χ2v) is 12.0. The molecule has 226 valence electrons. The maximum absolute atomic E-state index is 12.8. The van der Waals surface area contributed by atoms with Crippen molar-refractivity contribution < 1.29 is 13.2 Å². The third-order valence-corrected chi connectivity index (χ3v) is 8.89. The molecule has 0 aliphatic rings. The molecule has 9 aromatic rings. The van der Waals surface area contributed by atoms with Gasteiger partial charge in [-0.1, -0.05) is 94.8 Å². The lowest BCUT2D eigenvalue weighted by molar-refractivity contribution is -0.137. The lowest BCUT2D eigenvalue weighted by atomic mass is 9.95. The second kappa shape index (κ2) is 11.4. The van der Waals surface area contributed by atoms with Crippen LogP contribution in [0.4, 0.5) is 13.2 Å². The van der Waals surface area contributed by atoms with Crippen molar-refractivity contribution in [3.05, 3.63) is 144 Å². The molecule has 0 saturated heterocycles. The predicted molar refractivity (Wildman–Crippen MR) is 187 cm³/mol. The number of alkyl halides is 3. The number of aromatic nitrogens is 4. The Hall–Kier alpha value is -5.47. The molecule has 0 bridgehead atoms. The van der Waals surface area contributed by atoms with Crippen molar-refractivity contribution in [1.82, 2.24) is 19.9 Å². The molecule has 0 spiro atoms. The van der Waals surface area contributed by atoms with E-state index in [0.29, 0.717) is 0 Å². The maximum Gasteiger partial charge on any atom is 0.416 e. The summed E-state index contributed by atoms with van der Waals surface area (Å²) in [4.78, 5) is 18.0. The molecule has 8 heteroatoms. The van der Waals surface area contributed by atoms with Crippen LogP contribution in [0, 0.1) is 0 Å². The van der Waals surface area contributed by atoms with Gasteiger partial charge >= 0.3 is 6.18 Å². The molecule has 0 aliphatic carbocycles. The van der Waals surface area contributed by atoms with Crippen LogP contribution in [-0.4, -0.2) is 19.9 Å². The third kappa shape index (κ3) is 5.11. The average molecular weight is 684 g/mol. The Bertz CT molecular complexity index is 2570. The van der Waals surface area contributed by atoms with Gasteiger partial charge in [-0.25, -0.2) is 0 Å². The molecule has 7 aromatic carbocycles. The highest BCUT2D eigenvalue weighted by molar-refractivity contribution is 9.10. The Labute approximate surface area is 274 Å². The van der Waals surface area contributed by atoms with Gasteiger partial charge in [0.25, 0.3) is 0 Å². The summed E-state index contributed by atoms with van der Waals surface area (Å²) in [6, 6.07) is 33.7. The number of nitrogens with zero attached hydrogens (tertiary/aromatic N) is 4. The van der Waals surface area contributed by atoms with Gasteiger partial charge in [0.15, 0.2) is 0 Å². The lowest BCUT2D eigenvalue weighted by Gasteiger charge is -2.11. The van der Waals surface area contributed by atoms with Crippen LogP contribution >= 0.6 is 15.9 Å². The van der Waals surface area contributed by atoms with Crippen LogP contribution in [0.5, 0.6) is 0 Å². The Morgan fingerprint density at radius 1 is 0.404 bits per heavy atom. The SMILES string of the molecule is Brc1ccc2c(c1)c1ccccc1c1nccnc21.FC(F)(F)c1ccc(-c2ccc3c(c2)c2ccccc2c2nccnc32)cc1. The van der Waals surface area contributed by atoms with Crippen molar-refractivity contribution in [2.45, 2.75) is 6.18 Å². The fraction of sp³-hybridized carbons (Fsp3) is 0.0256. The average Bonchev–Trinajstić information content (AvgIpc) is 3.11. The molecular weight excluding hydrogens is 661 g/mol. The smallest absolute Gasteiger partial charge is 0.252 e. The molecule has 0 N–H and O–H groups in total. The number of rotatable bonds is 1. The van der Waals surface area contributed by atoms with E-state index in [4.69, 9.17) is 0 Å². The van der Waals surface area contributed by atoms with Crippen molar-refractivity contribution >= 4 is 81.1 Å². The first-order valence-corrected chi connectivity index (χ1v) is 15.6. The summed E-state index contributed by atoms with van der Waals surface area (Å²) in [7, 11) is 0. The molecule has 0 aliphatic heterocycles. The summed E-state index contributed by atoms with van der Waals surface area (Å²) >= 11 is 3.55. The lowest BCUT2D eigenvalue weighted by Crippen LogP contribution is -2.03. The molecule has 0 unspecified atom stereocenters. The van der Waals surface area contributed by atoms with Crippen molar-refractivity contribution in [2.75, 3.05) is 0 Å². The Morgan fingerprint density at radius 2 is 0.809 bits per heavy atom. The van der Waals surface area contributed by atoms with E-state index < -0.39 is 11.7 Å². The van der Waals surface area contributed by atoms with Crippen molar-refractivity contribution in [2.24, 2.45) is 0 Å². The first-order chi connectivity index (χ1) is 22.9. The summed E-state index contributed by atoms with van der Waals surface area (Å²) in [6.07, 6.45) is 2.51. The van der Waals surface area contributed by atoms with E-state index in [1.165, 1.54) is 22.9 Å². The van der Waals surface area contributed by atoms with Gasteiger partial charge in [-0.15, -0.1) is 0 Å². The molecule has 2 aromatic heterocycles. The van der Waals surface area contributed by atoms with Crippen LogP contribution in [0.3, 0.4) is 0 Å². The van der Waals surface area contributed by atoms with Crippen LogP contribution in [0.2, 0.25) is 0 Å². The van der Waals surface area contributed by atoms with Crippen LogP contribution in [0.25, 0.3) is 76.3 Å². The van der Waals surface area contributed by atoms with Crippen LogP contribution < -0.4 is 0 Å². The summed E-state index contributed by atoms with van der Waals surface area (Å²) in [5, 5.41) is 8.73. The summed E-state index contributed by atoms with van der Waals surface area (Å²) < 4.78 is 39.6. The van der Waals surface area contributed by atoms with E-state index in [0.717, 1.165) is 82.1 Å². The number of hydrogen-bond donors (Lipinski definition) is 0. The second-order valence-electron chi connectivity index (χ2n) is 11.1. The molecule has 9 rings (SSSR count). The predicted octanol–water partition coefficient (Wildman–Crippen LogP) is 11.3. The first kappa shape index (κ1) is 29.0. The van der Waals surface area contributed by atoms with Crippen molar-refractivity contribution in [1.29, 1.82) is 0 Å². The summed E-state index contributed by atoms with van der Waals surface area (Å²) in [6.45, 7) is 0. The Balaban J connectivity index is 0.000000148. The summed E-state index contributed by atoms with van der Waals surface area (Å²) in [5.41, 5.74) is 4.52. The number of hydrogen-bond acceptors (Lipinski definition) is 4. The van der Waals surface area contributed by atoms with Gasteiger partial charge in [-0.2, -0.15) is 13.2 Å². The van der Waals surface area contributed by atoms with Crippen LogP contribution in [0.15, 0.2) is 138 Å². The zero-order valence-corrected chi connectivity index (χ0v) is 26.1. The minimum Gasteiger partial charge on any atom is -0.252 e. The molecule has 0 atom stereocenters. The third-order valence-electron chi connectivity index (χ3n) is 8.40. The largest absolute Gasteiger partial charge is 0.416 e. The van der Waals surface area contributed by atoms with Gasteiger partial charge in [-0.05, 0) is 63.0 Å². The quantitative estimate of drug-likeness (QED) is 0.162. The van der Waals surface area contributed by atoms with Crippen LogP contribution in [0.1, 0.15) is 5.56 Å². The fourth-order valence-corrected chi connectivity index (χ4v) is 6.63. The van der Waals surface area contributed by atoms with E-state index in [1.54, 1.807) is 24.8 Å². The molecule has 0 saturated carbocycles. The molecule has 0 fully saturated rings. The molecule has 2 heterocycles. The van der Waals surface area contributed by atoms with E-state index in [1.807, 2.05) is 54.6 Å². The maximum atomic E-state index is 12.8. The molecular formula is C39H22BrF3N4. The van der Waals surface area contributed by atoms with Crippen molar-refractivity contribution in [3.8, 4) is 11.1 Å². The highest BCUT2D eigenvalue weighted by Gasteiger charge is 2.30. The van der Waals surface area contributed by atoms with E-state index in [2.05, 4.69) is 66.2 Å². The van der Waals surface area contributed by atoms with Gasteiger partial charge in [0, 0.05) is 50.8 Å². The van der Waals surface area contributed by atoms with Gasteiger partial charge in [0.1, 0.15) is 0 Å². The molecule has 47 heavy (non-hydrogen) atoms. The monoisotopic (exact) mass is 682 g/mol. The highest BCUT2D eigenvalue weighted by Crippen LogP contribution is 2.37. The molecule has 0 amide bonds. The topological polar surface area (TPSA) is 51.6 Å². The van der Waals surface area contributed by atoms with Gasteiger partial charge in [-0.3, -0.25) is 19.9 Å². The van der Waals surface area contributed by atoms with Crippen LogP contribution in [-0.2, 0) is 6.18 Å². The first-order valence-electron chi connectivity index (χ1n) is 14.8. The van der Waals surface area contributed by atoms with Gasteiger partial charge in [0.2, 0.25) is 0 Å². The standard InChI is InChI=1S/C23H13F3N2.C16H9BrN2/c24-23(25,26)16-8-5-14(6-9-16)15-7-10-19-20(13-15)17-3-1-2-4-18(17)21-22(19)28-12-11-27-21;17-10-5-6-13-14(9-10)11-3-1-2-4-12(11)15-16(13)19-8-7-18-15/h1-13H;1-9H. The fourth-order valence-electron chi connectivity index (χ4n) is 6.26. The molecule has 4 nitrogen and oxygen atoms in total. The normalized spacial score (nSPS) is 11.8. The minimum absolute atomic E-state index is 0.649. The summed E-state index contributed by atoms with van der Waals surface area (Å²) in [5.74, 6) is 0. The molecule has 0 radical (unpaired) electrons. The Kier molecular flexibility index (Phi) is 7.03. The Morgan fingerprint density at radius 3 is 1.30 bits per heavy atom.